The highest BCUT2D eigenvalue weighted by molar-refractivity contribution is 7.09. The summed E-state index contributed by atoms with van der Waals surface area (Å²) in [6.45, 7) is 1.60. The molecule has 0 radical (unpaired) electrons. The number of aromatic nitrogens is 1. The number of rotatable bonds is 6. The van der Waals surface area contributed by atoms with Gasteiger partial charge in [-0.15, -0.1) is 11.3 Å². The summed E-state index contributed by atoms with van der Waals surface area (Å²) in [4.78, 5) is 26.2. The van der Waals surface area contributed by atoms with Gasteiger partial charge >= 0.3 is 12.0 Å². The van der Waals surface area contributed by atoms with Crippen molar-refractivity contribution in [3.63, 3.8) is 0 Å². The van der Waals surface area contributed by atoms with Gasteiger partial charge in [0.2, 0.25) is 0 Å². The molecule has 3 N–H and O–H groups in total. The van der Waals surface area contributed by atoms with Crippen LogP contribution in [-0.4, -0.2) is 41.3 Å². The number of hydrogen-bond donors (Lipinski definition) is 3. The Hall–Kier alpha value is -1.67. The first kappa shape index (κ1) is 15.7. The average molecular weight is 313 g/mol. The van der Waals surface area contributed by atoms with Crippen LogP contribution in [0.1, 0.15) is 41.2 Å². The van der Waals surface area contributed by atoms with E-state index in [0.29, 0.717) is 11.6 Å². The van der Waals surface area contributed by atoms with Crippen molar-refractivity contribution in [1.82, 2.24) is 15.6 Å². The molecule has 7 nitrogen and oxygen atoms in total. The molecule has 116 valence electrons. The monoisotopic (exact) mass is 313 g/mol. The van der Waals surface area contributed by atoms with Gasteiger partial charge in [0.15, 0.2) is 5.69 Å². The predicted molar refractivity (Wildman–Crippen MR) is 77.5 cm³/mol. The van der Waals surface area contributed by atoms with E-state index < -0.39 is 5.97 Å². The maximum Gasteiger partial charge on any atom is 0.355 e. The SMILES string of the molecule is O=C(NCCC1CCCCO1)NCc1nc(C(=O)O)cs1. The van der Waals surface area contributed by atoms with Gasteiger partial charge in [-0.2, -0.15) is 0 Å². The van der Waals surface area contributed by atoms with Crippen molar-refractivity contribution in [2.24, 2.45) is 0 Å². The van der Waals surface area contributed by atoms with Crippen molar-refractivity contribution in [3.05, 3.63) is 16.1 Å². The van der Waals surface area contributed by atoms with Crippen molar-refractivity contribution in [1.29, 1.82) is 0 Å². The quantitative estimate of drug-likeness (QED) is 0.740. The molecule has 0 bridgehead atoms. The zero-order valence-corrected chi connectivity index (χ0v) is 12.4. The number of nitrogens with one attached hydrogen (secondary N) is 2. The number of carbonyl (C=O) groups is 2. The lowest BCUT2D eigenvalue weighted by molar-refractivity contribution is 0.0120. The molecule has 1 fully saturated rings. The molecule has 2 amide bonds. The number of carboxylic acids is 1. The van der Waals surface area contributed by atoms with Gasteiger partial charge in [0.1, 0.15) is 5.01 Å². The van der Waals surface area contributed by atoms with Gasteiger partial charge in [0, 0.05) is 18.5 Å². The third-order valence-electron chi connectivity index (χ3n) is 3.20. The zero-order valence-electron chi connectivity index (χ0n) is 11.6. The van der Waals surface area contributed by atoms with Crippen molar-refractivity contribution in [2.75, 3.05) is 13.2 Å². The van der Waals surface area contributed by atoms with Crippen LogP contribution in [0.25, 0.3) is 0 Å². The number of nitrogens with zero attached hydrogens (tertiary/aromatic N) is 1. The number of aromatic carboxylic acids is 1. The molecule has 0 aliphatic carbocycles. The molecule has 1 aromatic rings. The maximum atomic E-state index is 11.6. The number of amides is 2. The Labute approximate surface area is 126 Å². The van der Waals surface area contributed by atoms with Gasteiger partial charge in [-0.25, -0.2) is 14.6 Å². The molecule has 1 unspecified atom stereocenters. The molecule has 1 aliphatic rings. The molecule has 0 saturated carbocycles. The molecular formula is C13H19N3O4S. The maximum absolute atomic E-state index is 11.6. The molecule has 21 heavy (non-hydrogen) atoms. The molecule has 0 spiro atoms. The Morgan fingerprint density at radius 3 is 2.95 bits per heavy atom. The van der Waals surface area contributed by atoms with E-state index in [4.69, 9.17) is 9.84 Å². The summed E-state index contributed by atoms with van der Waals surface area (Å²) >= 11 is 1.21. The second-order valence-electron chi connectivity index (χ2n) is 4.82. The van der Waals surface area contributed by atoms with E-state index in [-0.39, 0.29) is 24.4 Å². The molecule has 2 rings (SSSR count). The van der Waals surface area contributed by atoms with Crippen LogP contribution in [0.5, 0.6) is 0 Å². The van der Waals surface area contributed by atoms with E-state index in [0.717, 1.165) is 25.9 Å². The fraction of sp³-hybridized carbons (Fsp3) is 0.615. The highest BCUT2D eigenvalue weighted by Gasteiger charge is 2.14. The molecule has 1 aliphatic heterocycles. The number of urea groups is 1. The summed E-state index contributed by atoms with van der Waals surface area (Å²) in [5.41, 5.74) is 0.00616. The Morgan fingerprint density at radius 2 is 2.29 bits per heavy atom. The van der Waals surface area contributed by atoms with Crippen LogP contribution < -0.4 is 10.6 Å². The number of thiazole rings is 1. The molecule has 0 aromatic carbocycles. The summed E-state index contributed by atoms with van der Waals surface area (Å²) in [6, 6.07) is -0.280. The third-order valence-corrected chi connectivity index (χ3v) is 4.05. The van der Waals surface area contributed by atoms with E-state index >= 15 is 0 Å². The second kappa shape index (κ2) is 7.94. The highest BCUT2D eigenvalue weighted by Crippen LogP contribution is 2.14. The Bertz CT molecular complexity index is 486. The third kappa shape index (κ3) is 5.31. The first-order valence-corrected chi connectivity index (χ1v) is 7.84. The topological polar surface area (TPSA) is 101 Å². The lowest BCUT2D eigenvalue weighted by Crippen LogP contribution is -2.37. The summed E-state index contributed by atoms with van der Waals surface area (Å²) in [5, 5.41) is 16.2. The second-order valence-corrected chi connectivity index (χ2v) is 5.76. The van der Waals surface area contributed by atoms with Crippen molar-refractivity contribution >= 4 is 23.3 Å². The Kier molecular flexibility index (Phi) is 5.94. The normalized spacial score (nSPS) is 18.2. The number of carboxylic acid groups (broad SMARTS) is 1. The van der Waals surface area contributed by atoms with Crippen LogP contribution in [0.4, 0.5) is 4.79 Å². The summed E-state index contributed by atoms with van der Waals surface area (Å²) < 4.78 is 5.58. The minimum atomic E-state index is -1.06. The van der Waals surface area contributed by atoms with E-state index in [1.807, 2.05) is 0 Å². The standard InChI is InChI=1S/C13H19N3O4S/c17-12(18)10-8-21-11(16-10)7-15-13(19)14-5-4-9-3-1-2-6-20-9/h8-9H,1-7H2,(H,17,18)(H2,14,15,19). The first-order chi connectivity index (χ1) is 10.1. The van der Waals surface area contributed by atoms with Crippen molar-refractivity contribution < 1.29 is 19.4 Å². The summed E-state index contributed by atoms with van der Waals surface area (Å²) in [7, 11) is 0. The average Bonchev–Trinajstić information content (AvgIpc) is 2.95. The van der Waals surface area contributed by atoms with Crippen LogP contribution in [0.2, 0.25) is 0 Å². The van der Waals surface area contributed by atoms with Crippen molar-refractivity contribution in [2.45, 2.75) is 38.3 Å². The molecule has 2 heterocycles. The van der Waals surface area contributed by atoms with Crippen LogP contribution in [-0.2, 0) is 11.3 Å². The minimum Gasteiger partial charge on any atom is -0.476 e. The molecule has 1 atom stereocenters. The number of hydrogen-bond acceptors (Lipinski definition) is 5. The van der Waals surface area contributed by atoms with E-state index in [1.54, 1.807) is 0 Å². The molecule has 1 saturated heterocycles. The zero-order chi connectivity index (χ0) is 15.1. The Balaban J connectivity index is 1.61. The number of carbonyl (C=O) groups excluding carboxylic acids is 1. The van der Waals surface area contributed by atoms with Crippen LogP contribution >= 0.6 is 11.3 Å². The van der Waals surface area contributed by atoms with Gasteiger partial charge in [0.25, 0.3) is 0 Å². The van der Waals surface area contributed by atoms with Gasteiger partial charge in [-0.1, -0.05) is 0 Å². The van der Waals surface area contributed by atoms with Gasteiger partial charge in [-0.05, 0) is 25.7 Å². The molecule has 1 aromatic heterocycles. The van der Waals surface area contributed by atoms with E-state index in [9.17, 15) is 9.59 Å². The highest BCUT2D eigenvalue weighted by atomic mass is 32.1. The first-order valence-electron chi connectivity index (χ1n) is 6.96. The van der Waals surface area contributed by atoms with Crippen LogP contribution in [0, 0.1) is 0 Å². The van der Waals surface area contributed by atoms with Gasteiger partial charge in [-0.3, -0.25) is 0 Å². The van der Waals surface area contributed by atoms with Crippen LogP contribution in [0.15, 0.2) is 5.38 Å². The molecular weight excluding hydrogens is 294 g/mol. The van der Waals surface area contributed by atoms with Gasteiger partial charge in [0.05, 0.1) is 12.6 Å². The predicted octanol–water partition coefficient (Wildman–Crippen LogP) is 1.60. The lowest BCUT2D eigenvalue weighted by atomic mass is 10.1. The van der Waals surface area contributed by atoms with Crippen molar-refractivity contribution in [3.8, 4) is 0 Å². The lowest BCUT2D eigenvalue weighted by Gasteiger charge is -2.22. The summed E-state index contributed by atoms with van der Waals surface area (Å²) in [6.07, 6.45) is 4.42. The largest absolute Gasteiger partial charge is 0.476 e. The molecule has 8 heteroatoms. The fourth-order valence-electron chi connectivity index (χ4n) is 2.09. The number of ether oxygens (including phenoxy) is 1. The fourth-order valence-corrected chi connectivity index (χ4v) is 2.80. The smallest absolute Gasteiger partial charge is 0.355 e. The van der Waals surface area contributed by atoms with E-state index in [1.165, 1.54) is 23.1 Å². The summed E-state index contributed by atoms with van der Waals surface area (Å²) in [5.74, 6) is -1.06. The Morgan fingerprint density at radius 1 is 1.43 bits per heavy atom. The van der Waals surface area contributed by atoms with Gasteiger partial charge < -0.3 is 20.5 Å². The minimum absolute atomic E-state index is 0.00616. The van der Waals surface area contributed by atoms with Crippen LogP contribution in [0.3, 0.4) is 0 Å². The van der Waals surface area contributed by atoms with E-state index in [2.05, 4.69) is 15.6 Å².